The van der Waals surface area contributed by atoms with E-state index in [0.717, 1.165) is 19.4 Å². The summed E-state index contributed by atoms with van der Waals surface area (Å²) < 4.78 is 2.52. The minimum Gasteiger partial charge on any atom is -1.00 e. The lowest BCUT2D eigenvalue weighted by atomic mass is 9.82. The zero-order valence-electron chi connectivity index (χ0n) is 16.6. The van der Waals surface area contributed by atoms with Gasteiger partial charge < -0.3 is 29.1 Å². The van der Waals surface area contributed by atoms with Crippen molar-refractivity contribution in [2.45, 2.75) is 84.0 Å². The monoisotopic (exact) mass is 471 g/mol. The van der Waals surface area contributed by atoms with Crippen LogP contribution >= 0.6 is 0 Å². The number of nitrogens with zero attached hydrogens (tertiary/aromatic N) is 1. The third-order valence-corrected chi connectivity index (χ3v) is 5.70. The summed E-state index contributed by atoms with van der Waals surface area (Å²) in [7, 11) is 0. The Morgan fingerprint density at radius 2 is 1.50 bits per heavy atom. The molecule has 146 valence electrons. The molecule has 1 aromatic carbocycles. The van der Waals surface area contributed by atoms with Crippen LogP contribution in [0, 0.1) is 0 Å². The Labute approximate surface area is 175 Å². The van der Waals surface area contributed by atoms with Crippen LogP contribution in [0.4, 0.5) is 5.69 Å². The highest BCUT2D eigenvalue weighted by atomic mass is 127. The number of para-hydroxylation sites is 1. The second kappa shape index (κ2) is 11.1. The fourth-order valence-corrected chi connectivity index (χ4v) is 3.85. The van der Waals surface area contributed by atoms with Crippen LogP contribution in [0.5, 0.6) is 0 Å². The van der Waals surface area contributed by atoms with Crippen molar-refractivity contribution in [3.8, 4) is 0 Å². The van der Waals surface area contributed by atoms with Crippen molar-refractivity contribution in [2.24, 2.45) is 0 Å². The summed E-state index contributed by atoms with van der Waals surface area (Å²) in [6, 6.07) is 8.81. The van der Waals surface area contributed by atoms with E-state index < -0.39 is 5.97 Å². The quantitative estimate of drug-likeness (QED) is 0.306. The normalized spacial score (nSPS) is 14.9. The molecule has 0 aromatic heterocycles. The first kappa shape index (κ1) is 23.1. The first-order valence-corrected chi connectivity index (χ1v) is 9.87. The number of rotatable bonds is 11. The Morgan fingerprint density at radius 1 is 0.962 bits per heavy atom. The SMILES string of the molecule is CC1=[N+](CCCCCCCCCCC(=O)O)c2ccccc2C1(C)C.[I-]. The summed E-state index contributed by atoms with van der Waals surface area (Å²) in [5, 5.41) is 8.61. The van der Waals surface area contributed by atoms with E-state index in [1.807, 2.05) is 0 Å². The standard InChI is InChI=1S/C22H33NO2.HI/c1-18-22(2,3)19-14-11-12-15-20(19)23(18)17-13-9-7-5-4-6-8-10-16-21(24)25;/h11-12,14-15H,4-10,13,16-17H2,1-3H3;1H. The average molecular weight is 471 g/mol. The van der Waals surface area contributed by atoms with Gasteiger partial charge in [0.05, 0.1) is 5.41 Å². The molecule has 26 heavy (non-hydrogen) atoms. The summed E-state index contributed by atoms with van der Waals surface area (Å²) in [4.78, 5) is 10.4. The first-order valence-electron chi connectivity index (χ1n) is 9.87. The molecule has 0 aliphatic carbocycles. The molecule has 0 bridgehead atoms. The van der Waals surface area contributed by atoms with Gasteiger partial charge in [0.25, 0.3) is 0 Å². The molecule has 1 aliphatic heterocycles. The smallest absolute Gasteiger partial charge is 0.303 e. The third kappa shape index (κ3) is 6.07. The van der Waals surface area contributed by atoms with Crippen molar-refractivity contribution in [1.82, 2.24) is 0 Å². The Kier molecular flexibility index (Phi) is 9.83. The number of hydrogen-bond donors (Lipinski definition) is 1. The van der Waals surface area contributed by atoms with Gasteiger partial charge >= 0.3 is 5.97 Å². The largest absolute Gasteiger partial charge is 1.00 e. The van der Waals surface area contributed by atoms with Crippen LogP contribution in [0.15, 0.2) is 24.3 Å². The maximum atomic E-state index is 10.4. The van der Waals surface area contributed by atoms with Gasteiger partial charge in [0.1, 0.15) is 6.54 Å². The number of carbonyl (C=O) groups is 1. The molecular formula is C22H34INO2. The van der Waals surface area contributed by atoms with Gasteiger partial charge in [-0.05, 0) is 26.7 Å². The van der Waals surface area contributed by atoms with Crippen LogP contribution < -0.4 is 24.0 Å². The van der Waals surface area contributed by atoms with Gasteiger partial charge in [-0.3, -0.25) is 4.79 Å². The number of carboxylic acids is 1. The summed E-state index contributed by atoms with van der Waals surface area (Å²) in [6.45, 7) is 8.04. The lowest BCUT2D eigenvalue weighted by Crippen LogP contribution is -3.00. The molecule has 0 fully saturated rings. The molecule has 0 saturated heterocycles. The lowest BCUT2D eigenvalue weighted by Gasteiger charge is -2.14. The number of aliphatic carboxylic acids is 1. The molecule has 0 atom stereocenters. The highest BCUT2D eigenvalue weighted by Gasteiger charge is 2.42. The Balaban J connectivity index is 0.00000338. The zero-order chi connectivity index (χ0) is 18.3. The second-order valence-electron chi connectivity index (χ2n) is 7.85. The molecule has 0 radical (unpaired) electrons. The predicted octanol–water partition coefficient (Wildman–Crippen LogP) is 2.68. The average Bonchev–Trinajstić information content (AvgIpc) is 2.77. The topological polar surface area (TPSA) is 40.3 Å². The third-order valence-electron chi connectivity index (χ3n) is 5.70. The molecule has 1 aromatic rings. The predicted molar refractivity (Wildman–Crippen MR) is 104 cm³/mol. The van der Waals surface area contributed by atoms with Crippen LogP contribution in [0.25, 0.3) is 0 Å². The van der Waals surface area contributed by atoms with E-state index in [1.165, 1.54) is 55.5 Å². The van der Waals surface area contributed by atoms with Crippen LogP contribution in [-0.4, -0.2) is 27.9 Å². The van der Waals surface area contributed by atoms with Crippen molar-refractivity contribution in [3.63, 3.8) is 0 Å². The van der Waals surface area contributed by atoms with Crippen molar-refractivity contribution in [1.29, 1.82) is 0 Å². The van der Waals surface area contributed by atoms with Crippen molar-refractivity contribution < 1.29 is 38.5 Å². The second-order valence-corrected chi connectivity index (χ2v) is 7.85. The molecule has 3 nitrogen and oxygen atoms in total. The fraction of sp³-hybridized carbons (Fsp3) is 0.636. The van der Waals surface area contributed by atoms with E-state index in [-0.39, 0.29) is 29.4 Å². The van der Waals surface area contributed by atoms with E-state index in [9.17, 15) is 4.79 Å². The van der Waals surface area contributed by atoms with Gasteiger partial charge in [0.2, 0.25) is 5.69 Å². The molecular weight excluding hydrogens is 437 g/mol. The van der Waals surface area contributed by atoms with E-state index in [4.69, 9.17) is 5.11 Å². The Hall–Kier alpha value is -0.910. The highest BCUT2D eigenvalue weighted by molar-refractivity contribution is 5.93. The van der Waals surface area contributed by atoms with Gasteiger partial charge in [-0.2, -0.15) is 4.58 Å². The Morgan fingerprint density at radius 3 is 2.12 bits per heavy atom. The van der Waals surface area contributed by atoms with E-state index in [1.54, 1.807) is 0 Å². The van der Waals surface area contributed by atoms with Crippen LogP contribution in [-0.2, 0) is 10.2 Å². The summed E-state index contributed by atoms with van der Waals surface area (Å²) in [6.07, 6.45) is 9.70. The fourth-order valence-electron chi connectivity index (χ4n) is 3.85. The van der Waals surface area contributed by atoms with Gasteiger partial charge in [-0.1, -0.05) is 50.3 Å². The molecule has 1 N–H and O–H groups in total. The van der Waals surface area contributed by atoms with Crippen molar-refractivity contribution in [2.75, 3.05) is 6.54 Å². The van der Waals surface area contributed by atoms with Crippen LogP contribution in [0.3, 0.4) is 0 Å². The maximum absolute atomic E-state index is 10.4. The molecule has 0 amide bonds. The van der Waals surface area contributed by atoms with Gasteiger partial charge in [0.15, 0.2) is 5.71 Å². The molecule has 0 unspecified atom stereocenters. The van der Waals surface area contributed by atoms with E-state index in [0.29, 0.717) is 6.42 Å². The number of unbranched alkanes of at least 4 members (excludes halogenated alkanes) is 7. The van der Waals surface area contributed by atoms with Gasteiger partial charge in [-0.25, -0.2) is 0 Å². The number of benzene rings is 1. The minimum absolute atomic E-state index is 0. The summed E-state index contributed by atoms with van der Waals surface area (Å²) in [5.74, 6) is -0.668. The van der Waals surface area contributed by atoms with Crippen molar-refractivity contribution in [3.05, 3.63) is 29.8 Å². The van der Waals surface area contributed by atoms with E-state index >= 15 is 0 Å². The molecule has 2 rings (SSSR count). The number of halogens is 1. The van der Waals surface area contributed by atoms with Gasteiger partial charge in [-0.15, -0.1) is 0 Å². The molecule has 0 spiro atoms. The zero-order valence-corrected chi connectivity index (χ0v) is 18.7. The van der Waals surface area contributed by atoms with Crippen LogP contribution in [0.2, 0.25) is 0 Å². The Bertz CT molecular complexity index is 622. The number of carboxylic acid groups (broad SMARTS) is 1. The minimum atomic E-state index is -0.668. The summed E-state index contributed by atoms with van der Waals surface area (Å²) in [5.41, 5.74) is 4.46. The van der Waals surface area contributed by atoms with E-state index in [2.05, 4.69) is 49.6 Å². The summed E-state index contributed by atoms with van der Waals surface area (Å²) >= 11 is 0. The molecule has 0 saturated carbocycles. The molecule has 1 heterocycles. The highest BCUT2D eigenvalue weighted by Crippen LogP contribution is 2.39. The van der Waals surface area contributed by atoms with Crippen molar-refractivity contribution >= 4 is 17.4 Å². The number of hydrogen-bond acceptors (Lipinski definition) is 1. The number of fused-ring (bicyclic) bond motifs is 1. The first-order chi connectivity index (χ1) is 11.9. The molecule has 4 heteroatoms. The van der Waals surface area contributed by atoms with Crippen LogP contribution in [0.1, 0.15) is 84.1 Å². The maximum Gasteiger partial charge on any atom is 0.303 e. The lowest BCUT2D eigenvalue weighted by molar-refractivity contribution is -0.439. The molecule has 1 aliphatic rings. The van der Waals surface area contributed by atoms with Gasteiger partial charge in [0, 0.05) is 31.4 Å².